The lowest BCUT2D eigenvalue weighted by Gasteiger charge is -2.16. The van der Waals surface area contributed by atoms with Crippen molar-refractivity contribution in [2.75, 3.05) is 0 Å². The van der Waals surface area contributed by atoms with Gasteiger partial charge in [0.2, 0.25) is 0 Å². The Bertz CT molecular complexity index is 619. The van der Waals surface area contributed by atoms with Gasteiger partial charge in [-0.15, -0.1) is 0 Å². The van der Waals surface area contributed by atoms with Crippen molar-refractivity contribution in [3.05, 3.63) is 64.5 Å². The molecule has 1 unspecified atom stereocenters. The lowest BCUT2D eigenvalue weighted by molar-refractivity contribution is 0.564. The first kappa shape index (κ1) is 14.3. The summed E-state index contributed by atoms with van der Waals surface area (Å²) in [6.45, 7) is 5.26. The van der Waals surface area contributed by atoms with Crippen LogP contribution in [0.2, 0.25) is 0 Å². The fourth-order valence-electron chi connectivity index (χ4n) is 3.18. The molecule has 2 nitrogen and oxygen atoms in total. The Balaban J connectivity index is 1.67. The van der Waals surface area contributed by atoms with E-state index in [4.69, 9.17) is 0 Å². The number of pyridine rings is 1. The number of hydrogen-bond donors (Lipinski definition) is 1. The highest BCUT2D eigenvalue weighted by molar-refractivity contribution is 5.36. The van der Waals surface area contributed by atoms with Crippen LogP contribution in [0, 0.1) is 0 Å². The van der Waals surface area contributed by atoms with E-state index >= 15 is 0 Å². The van der Waals surface area contributed by atoms with E-state index in [0.29, 0.717) is 6.04 Å². The highest BCUT2D eigenvalue weighted by Gasteiger charge is 2.13. The SMILES string of the molecule is CCc1cccnc1CNC(C)c1ccc2c(c1)CCC2. The highest BCUT2D eigenvalue weighted by Crippen LogP contribution is 2.25. The molecule has 1 aliphatic carbocycles. The summed E-state index contributed by atoms with van der Waals surface area (Å²) in [7, 11) is 0. The van der Waals surface area contributed by atoms with Gasteiger partial charge in [0.25, 0.3) is 0 Å². The molecule has 3 rings (SSSR count). The van der Waals surface area contributed by atoms with E-state index in [0.717, 1.165) is 13.0 Å². The lowest BCUT2D eigenvalue weighted by atomic mass is 10.0. The maximum Gasteiger partial charge on any atom is 0.0573 e. The molecular formula is C19H24N2. The first-order valence-corrected chi connectivity index (χ1v) is 8.05. The van der Waals surface area contributed by atoms with E-state index < -0.39 is 0 Å². The molecule has 1 heterocycles. The van der Waals surface area contributed by atoms with Gasteiger partial charge < -0.3 is 5.32 Å². The third kappa shape index (κ3) is 3.16. The second-order valence-corrected chi connectivity index (χ2v) is 5.95. The van der Waals surface area contributed by atoms with Gasteiger partial charge in [-0.3, -0.25) is 4.98 Å². The normalized spacial score (nSPS) is 15.0. The molecule has 2 aromatic rings. The van der Waals surface area contributed by atoms with Gasteiger partial charge in [-0.25, -0.2) is 0 Å². The molecule has 1 aliphatic rings. The Labute approximate surface area is 127 Å². The third-order valence-corrected chi connectivity index (χ3v) is 4.56. The van der Waals surface area contributed by atoms with Gasteiger partial charge in [-0.1, -0.05) is 31.2 Å². The number of fused-ring (bicyclic) bond motifs is 1. The molecule has 0 aliphatic heterocycles. The van der Waals surface area contributed by atoms with Crippen molar-refractivity contribution in [2.24, 2.45) is 0 Å². The molecule has 1 atom stereocenters. The fraction of sp³-hybridized carbons (Fsp3) is 0.421. The van der Waals surface area contributed by atoms with Crippen LogP contribution in [0.4, 0.5) is 0 Å². The Morgan fingerprint density at radius 2 is 2.05 bits per heavy atom. The molecule has 0 radical (unpaired) electrons. The summed E-state index contributed by atoms with van der Waals surface area (Å²) in [6, 6.07) is 11.5. The summed E-state index contributed by atoms with van der Waals surface area (Å²) in [5.74, 6) is 0. The van der Waals surface area contributed by atoms with Crippen molar-refractivity contribution in [3.8, 4) is 0 Å². The van der Waals surface area contributed by atoms with Crippen molar-refractivity contribution in [1.82, 2.24) is 10.3 Å². The molecule has 1 N–H and O–H groups in total. The first-order valence-electron chi connectivity index (χ1n) is 8.05. The number of hydrogen-bond acceptors (Lipinski definition) is 2. The highest BCUT2D eigenvalue weighted by atomic mass is 14.9. The average molecular weight is 280 g/mol. The fourth-order valence-corrected chi connectivity index (χ4v) is 3.18. The van der Waals surface area contributed by atoms with Crippen molar-refractivity contribution in [1.29, 1.82) is 0 Å². The van der Waals surface area contributed by atoms with Crippen LogP contribution in [0.15, 0.2) is 36.5 Å². The quantitative estimate of drug-likeness (QED) is 0.896. The zero-order chi connectivity index (χ0) is 14.7. The Kier molecular flexibility index (Phi) is 4.35. The van der Waals surface area contributed by atoms with Gasteiger partial charge in [-0.05, 0) is 60.9 Å². The maximum absolute atomic E-state index is 4.51. The summed E-state index contributed by atoms with van der Waals surface area (Å²) in [5, 5.41) is 3.62. The first-order chi connectivity index (χ1) is 10.3. The third-order valence-electron chi connectivity index (χ3n) is 4.56. The summed E-state index contributed by atoms with van der Waals surface area (Å²) in [4.78, 5) is 4.51. The molecule has 0 saturated heterocycles. The van der Waals surface area contributed by atoms with Crippen molar-refractivity contribution in [2.45, 2.75) is 52.1 Å². The van der Waals surface area contributed by atoms with Gasteiger partial charge in [-0.2, -0.15) is 0 Å². The van der Waals surface area contributed by atoms with Crippen LogP contribution in [-0.2, 0) is 25.8 Å². The van der Waals surface area contributed by atoms with Crippen LogP contribution in [0.3, 0.4) is 0 Å². The molecule has 0 amide bonds. The number of nitrogens with one attached hydrogen (secondary N) is 1. The molecule has 0 spiro atoms. The minimum absolute atomic E-state index is 0.364. The van der Waals surface area contributed by atoms with Gasteiger partial charge in [0, 0.05) is 18.8 Å². The zero-order valence-electron chi connectivity index (χ0n) is 13.0. The summed E-state index contributed by atoms with van der Waals surface area (Å²) < 4.78 is 0. The number of aryl methyl sites for hydroxylation is 3. The smallest absolute Gasteiger partial charge is 0.0573 e. The predicted molar refractivity (Wildman–Crippen MR) is 87.3 cm³/mol. The van der Waals surface area contributed by atoms with Crippen LogP contribution < -0.4 is 5.32 Å². The van der Waals surface area contributed by atoms with Crippen molar-refractivity contribution in [3.63, 3.8) is 0 Å². The summed E-state index contributed by atoms with van der Waals surface area (Å²) in [5.41, 5.74) is 7.00. The Hall–Kier alpha value is -1.67. The summed E-state index contributed by atoms with van der Waals surface area (Å²) in [6.07, 6.45) is 6.74. The van der Waals surface area contributed by atoms with Gasteiger partial charge >= 0.3 is 0 Å². The number of rotatable bonds is 5. The molecule has 0 fully saturated rings. The van der Waals surface area contributed by atoms with Crippen LogP contribution in [-0.4, -0.2) is 4.98 Å². The molecule has 1 aromatic heterocycles. The zero-order valence-corrected chi connectivity index (χ0v) is 13.0. The van der Waals surface area contributed by atoms with E-state index in [1.165, 1.54) is 36.1 Å². The van der Waals surface area contributed by atoms with Crippen LogP contribution in [0.1, 0.15) is 54.3 Å². The molecule has 0 saturated carbocycles. The largest absolute Gasteiger partial charge is 0.305 e. The average Bonchev–Trinajstić information content (AvgIpc) is 3.00. The van der Waals surface area contributed by atoms with Crippen molar-refractivity contribution < 1.29 is 0 Å². The topological polar surface area (TPSA) is 24.9 Å². The van der Waals surface area contributed by atoms with Crippen LogP contribution in [0.5, 0.6) is 0 Å². The van der Waals surface area contributed by atoms with Gasteiger partial charge in [0.1, 0.15) is 0 Å². The monoisotopic (exact) mass is 280 g/mol. The predicted octanol–water partition coefficient (Wildman–Crippen LogP) is 3.98. The maximum atomic E-state index is 4.51. The van der Waals surface area contributed by atoms with E-state index in [2.05, 4.69) is 48.4 Å². The number of nitrogens with zero attached hydrogens (tertiary/aromatic N) is 1. The van der Waals surface area contributed by atoms with E-state index in [-0.39, 0.29) is 0 Å². The summed E-state index contributed by atoms with van der Waals surface area (Å²) >= 11 is 0. The molecular weight excluding hydrogens is 256 g/mol. The second kappa shape index (κ2) is 6.40. The molecule has 21 heavy (non-hydrogen) atoms. The molecule has 0 bridgehead atoms. The molecule has 110 valence electrons. The second-order valence-electron chi connectivity index (χ2n) is 5.95. The molecule has 2 heteroatoms. The van der Waals surface area contributed by atoms with Gasteiger partial charge in [0.15, 0.2) is 0 Å². The molecule has 1 aromatic carbocycles. The van der Waals surface area contributed by atoms with E-state index in [9.17, 15) is 0 Å². The minimum atomic E-state index is 0.364. The minimum Gasteiger partial charge on any atom is -0.305 e. The van der Waals surface area contributed by atoms with E-state index in [1.807, 2.05) is 12.3 Å². The van der Waals surface area contributed by atoms with Gasteiger partial charge in [0.05, 0.1) is 5.69 Å². The number of benzene rings is 1. The van der Waals surface area contributed by atoms with Crippen LogP contribution >= 0.6 is 0 Å². The number of aromatic nitrogens is 1. The lowest BCUT2D eigenvalue weighted by Crippen LogP contribution is -2.19. The Morgan fingerprint density at radius 3 is 2.90 bits per heavy atom. The Morgan fingerprint density at radius 1 is 1.19 bits per heavy atom. The van der Waals surface area contributed by atoms with Crippen molar-refractivity contribution >= 4 is 0 Å². The van der Waals surface area contributed by atoms with E-state index in [1.54, 1.807) is 11.1 Å². The van der Waals surface area contributed by atoms with Crippen LogP contribution in [0.25, 0.3) is 0 Å². The standard InChI is InChI=1S/C19H24N2/c1-3-15-8-5-11-20-19(15)13-21-14(2)17-10-9-16-6-4-7-18(16)12-17/h5,8-12,14,21H,3-4,6-7,13H2,1-2H3.